The molecule has 4 rings (SSSR count). The summed E-state index contributed by atoms with van der Waals surface area (Å²) in [5.41, 5.74) is 5.49. The van der Waals surface area contributed by atoms with Gasteiger partial charge in [0.25, 0.3) is 0 Å². The van der Waals surface area contributed by atoms with Crippen molar-refractivity contribution in [2.75, 3.05) is 6.54 Å². The average Bonchev–Trinajstić information content (AvgIpc) is 3.20. The lowest BCUT2D eigenvalue weighted by Gasteiger charge is -2.10. The number of aromatic amines is 1. The van der Waals surface area contributed by atoms with Crippen molar-refractivity contribution in [3.8, 4) is 11.1 Å². The lowest BCUT2D eigenvalue weighted by molar-refractivity contribution is -0.120. The van der Waals surface area contributed by atoms with Gasteiger partial charge in [-0.1, -0.05) is 31.2 Å². The lowest BCUT2D eigenvalue weighted by Crippen LogP contribution is -2.17. The van der Waals surface area contributed by atoms with Gasteiger partial charge in [0.2, 0.25) is 5.91 Å². The number of pyridine rings is 1. The summed E-state index contributed by atoms with van der Waals surface area (Å²) in [5, 5.41) is 4.08. The number of amides is 1. The molecule has 3 heterocycles. The second-order valence-electron chi connectivity index (χ2n) is 6.05. The molecule has 0 bridgehead atoms. The van der Waals surface area contributed by atoms with Gasteiger partial charge in [0.05, 0.1) is 5.92 Å². The molecule has 1 aromatic carbocycles. The van der Waals surface area contributed by atoms with Gasteiger partial charge in [0.15, 0.2) is 0 Å². The van der Waals surface area contributed by atoms with Crippen LogP contribution in [0, 0.1) is 0 Å². The molecule has 116 valence electrons. The highest BCUT2D eigenvalue weighted by Gasteiger charge is 2.25. The Labute approximate surface area is 134 Å². The molecule has 1 amide bonds. The molecule has 1 atom stereocenters. The number of H-pyrrole nitrogens is 1. The van der Waals surface area contributed by atoms with Crippen LogP contribution < -0.4 is 5.32 Å². The van der Waals surface area contributed by atoms with Crippen molar-refractivity contribution >= 4 is 16.9 Å². The Morgan fingerprint density at radius 3 is 2.96 bits per heavy atom. The number of hydrogen-bond donors (Lipinski definition) is 2. The van der Waals surface area contributed by atoms with Crippen molar-refractivity contribution in [2.24, 2.45) is 0 Å². The summed E-state index contributed by atoms with van der Waals surface area (Å²) in [5.74, 6) is 0.111. The van der Waals surface area contributed by atoms with Gasteiger partial charge in [0.1, 0.15) is 5.65 Å². The summed E-state index contributed by atoms with van der Waals surface area (Å²) >= 11 is 0. The first kappa shape index (κ1) is 14.0. The highest BCUT2D eigenvalue weighted by molar-refractivity contribution is 5.87. The third-order valence-corrected chi connectivity index (χ3v) is 4.67. The van der Waals surface area contributed by atoms with Crippen LogP contribution in [0.4, 0.5) is 0 Å². The van der Waals surface area contributed by atoms with Gasteiger partial charge in [-0.25, -0.2) is 4.98 Å². The molecule has 2 N–H and O–H groups in total. The fourth-order valence-corrected chi connectivity index (χ4v) is 3.36. The molecule has 2 aromatic heterocycles. The predicted octanol–water partition coefficient (Wildman–Crippen LogP) is 3.40. The number of fused-ring (bicyclic) bond motifs is 1. The molecule has 1 aliphatic rings. The van der Waals surface area contributed by atoms with E-state index in [0.29, 0.717) is 0 Å². The van der Waals surface area contributed by atoms with Crippen LogP contribution in [-0.2, 0) is 11.2 Å². The molecule has 1 saturated heterocycles. The highest BCUT2D eigenvalue weighted by Crippen LogP contribution is 2.29. The van der Waals surface area contributed by atoms with Gasteiger partial charge in [-0.15, -0.1) is 0 Å². The molecular formula is C19H19N3O. The van der Waals surface area contributed by atoms with E-state index >= 15 is 0 Å². The number of hydrogen-bond acceptors (Lipinski definition) is 2. The molecule has 1 unspecified atom stereocenters. The van der Waals surface area contributed by atoms with Crippen LogP contribution >= 0.6 is 0 Å². The molecule has 0 aliphatic carbocycles. The lowest BCUT2D eigenvalue weighted by atomic mass is 9.94. The van der Waals surface area contributed by atoms with Crippen molar-refractivity contribution in [1.82, 2.24) is 15.3 Å². The fraction of sp³-hybridized carbons (Fsp3) is 0.263. The van der Waals surface area contributed by atoms with Gasteiger partial charge < -0.3 is 10.3 Å². The second-order valence-corrected chi connectivity index (χ2v) is 6.05. The van der Waals surface area contributed by atoms with E-state index < -0.39 is 0 Å². The van der Waals surface area contributed by atoms with Gasteiger partial charge >= 0.3 is 0 Å². The topological polar surface area (TPSA) is 57.8 Å². The summed E-state index contributed by atoms with van der Waals surface area (Å²) in [6.45, 7) is 2.92. The zero-order valence-electron chi connectivity index (χ0n) is 13.1. The number of rotatable bonds is 3. The minimum atomic E-state index is -0.0231. The molecular weight excluding hydrogens is 286 g/mol. The molecule has 1 fully saturated rings. The Kier molecular flexibility index (Phi) is 3.37. The monoisotopic (exact) mass is 305 g/mol. The number of nitrogens with one attached hydrogen (secondary N) is 2. The van der Waals surface area contributed by atoms with Crippen LogP contribution in [0.3, 0.4) is 0 Å². The summed E-state index contributed by atoms with van der Waals surface area (Å²) < 4.78 is 0. The van der Waals surface area contributed by atoms with E-state index in [2.05, 4.69) is 40.4 Å². The zero-order valence-corrected chi connectivity index (χ0v) is 13.1. The second kappa shape index (κ2) is 5.54. The van der Waals surface area contributed by atoms with Crippen molar-refractivity contribution < 1.29 is 4.79 Å². The molecule has 1 aliphatic heterocycles. The zero-order chi connectivity index (χ0) is 15.8. The minimum absolute atomic E-state index is 0.0231. The number of aromatic nitrogens is 2. The smallest absolute Gasteiger partial charge is 0.227 e. The molecule has 0 saturated carbocycles. The van der Waals surface area contributed by atoms with Crippen molar-refractivity contribution in [1.29, 1.82) is 0 Å². The van der Waals surface area contributed by atoms with E-state index in [9.17, 15) is 4.79 Å². The van der Waals surface area contributed by atoms with Gasteiger partial charge in [-0.05, 0) is 35.6 Å². The van der Waals surface area contributed by atoms with Crippen LogP contribution in [0.5, 0.6) is 0 Å². The average molecular weight is 305 g/mol. The van der Waals surface area contributed by atoms with Crippen LogP contribution in [0.1, 0.15) is 30.4 Å². The quantitative estimate of drug-likeness (QED) is 0.779. The Balaban J connectivity index is 1.76. The third kappa shape index (κ3) is 2.40. The Bertz CT molecular complexity index is 881. The molecule has 4 nitrogen and oxygen atoms in total. The maximum Gasteiger partial charge on any atom is 0.227 e. The molecule has 0 radical (unpaired) electrons. The first-order chi connectivity index (χ1) is 11.3. The largest absolute Gasteiger partial charge is 0.356 e. The number of carbonyl (C=O) groups excluding carboxylic acids is 1. The fourth-order valence-electron chi connectivity index (χ4n) is 3.36. The van der Waals surface area contributed by atoms with E-state index in [1.54, 1.807) is 0 Å². The maximum absolute atomic E-state index is 11.9. The van der Waals surface area contributed by atoms with Crippen molar-refractivity contribution in [3.05, 3.63) is 53.9 Å². The molecule has 4 heteroatoms. The predicted molar refractivity (Wildman–Crippen MR) is 91.3 cm³/mol. The van der Waals surface area contributed by atoms with Gasteiger partial charge in [-0.3, -0.25) is 4.79 Å². The van der Waals surface area contributed by atoms with E-state index in [1.165, 1.54) is 10.9 Å². The number of carbonyl (C=O) groups is 1. The van der Waals surface area contributed by atoms with Gasteiger partial charge in [0, 0.05) is 29.9 Å². The highest BCUT2D eigenvalue weighted by atomic mass is 16.2. The number of aryl methyl sites for hydroxylation is 1. The first-order valence-corrected chi connectivity index (χ1v) is 8.10. The minimum Gasteiger partial charge on any atom is -0.356 e. The summed E-state index contributed by atoms with van der Waals surface area (Å²) in [4.78, 5) is 19.7. The SMILES string of the molecule is CCc1c[nH]c2ncc(-c3cccc(C4CCNC4=O)c3)cc12. The number of benzene rings is 1. The van der Waals surface area contributed by atoms with E-state index in [-0.39, 0.29) is 11.8 Å². The van der Waals surface area contributed by atoms with Crippen LogP contribution in [0.25, 0.3) is 22.2 Å². The Morgan fingerprint density at radius 1 is 1.26 bits per heavy atom. The first-order valence-electron chi connectivity index (χ1n) is 8.10. The van der Waals surface area contributed by atoms with E-state index in [4.69, 9.17) is 0 Å². The van der Waals surface area contributed by atoms with Crippen molar-refractivity contribution in [3.63, 3.8) is 0 Å². The Hall–Kier alpha value is -2.62. The Morgan fingerprint density at radius 2 is 2.17 bits per heavy atom. The molecule has 0 spiro atoms. The van der Waals surface area contributed by atoms with E-state index in [1.807, 2.05) is 24.5 Å². The third-order valence-electron chi connectivity index (χ3n) is 4.67. The maximum atomic E-state index is 11.9. The summed E-state index contributed by atoms with van der Waals surface area (Å²) in [7, 11) is 0. The molecule has 23 heavy (non-hydrogen) atoms. The van der Waals surface area contributed by atoms with Crippen molar-refractivity contribution in [2.45, 2.75) is 25.7 Å². The summed E-state index contributed by atoms with van der Waals surface area (Å²) in [6.07, 6.45) is 5.78. The van der Waals surface area contributed by atoms with Gasteiger partial charge in [-0.2, -0.15) is 0 Å². The summed E-state index contributed by atoms with van der Waals surface area (Å²) in [6, 6.07) is 10.5. The molecule has 3 aromatic rings. The van der Waals surface area contributed by atoms with Crippen LogP contribution in [-0.4, -0.2) is 22.4 Å². The normalized spacial score (nSPS) is 17.6. The van der Waals surface area contributed by atoms with Crippen LogP contribution in [0.2, 0.25) is 0 Å². The standard InChI is InChI=1S/C19H19N3O/c1-2-12-10-21-18-17(12)9-15(11-22-18)13-4-3-5-14(8-13)16-6-7-20-19(16)23/h3-5,8-11,16H,2,6-7H2,1H3,(H,20,23)(H,21,22). The van der Waals surface area contributed by atoms with E-state index in [0.717, 1.165) is 41.7 Å². The number of nitrogens with zero attached hydrogens (tertiary/aromatic N) is 1. The van der Waals surface area contributed by atoms with Crippen LogP contribution in [0.15, 0.2) is 42.7 Å².